The third-order valence-electron chi connectivity index (χ3n) is 4.99. The van der Waals surface area contributed by atoms with Gasteiger partial charge in [0.1, 0.15) is 15.5 Å². The standard InChI is InChI=1S/C20H21Cl2NO4/c1-19(12-20(19,21)22)18(25)27-11-17(24)23(2)10-13-4-5-15-9-16(26-3)7-6-14(15)8-13/h4-9H,10-12H2,1-3H3/t19-/m1/s1. The van der Waals surface area contributed by atoms with Crippen molar-refractivity contribution in [1.29, 1.82) is 0 Å². The van der Waals surface area contributed by atoms with E-state index < -0.39 is 15.7 Å². The Balaban J connectivity index is 1.58. The number of carbonyl (C=O) groups is 2. The number of esters is 1. The first-order valence-corrected chi connectivity index (χ1v) is 9.27. The molecular formula is C20H21Cl2NO4. The van der Waals surface area contributed by atoms with Crippen LogP contribution in [0.2, 0.25) is 0 Å². The van der Waals surface area contributed by atoms with Crippen molar-refractivity contribution < 1.29 is 19.1 Å². The van der Waals surface area contributed by atoms with E-state index >= 15 is 0 Å². The van der Waals surface area contributed by atoms with E-state index in [2.05, 4.69) is 0 Å². The number of hydrogen-bond acceptors (Lipinski definition) is 4. The van der Waals surface area contributed by atoms with Gasteiger partial charge in [-0.2, -0.15) is 0 Å². The number of hydrogen-bond donors (Lipinski definition) is 0. The smallest absolute Gasteiger partial charge is 0.315 e. The number of benzene rings is 2. The lowest BCUT2D eigenvalue weighted by Gasteiger charge is -2.18. The lowest BCUT2D eigenvalue weighted by molar-refractivity contribution is -0.156. The average Bonchev–Trinajstić information content (AvgIpc) is 3.17. The first kappa shape index (κ1) is 19.8. The Morgan fingerprint density at radius 2 is 1.78 bits per heavy atom. The number of methoxy groups -OCH3 is 1. The van der Waals surface area contributed by atoms with Crippen molar-refractivity contribution in [1.82, 2.24) is 4.90 Å². The predicted molar refractivity (Wildman–Crippen MR) is 105 cm³/mol. The second-order valence-corrected chi connectivity index (χ2v) is 8.57. The van der Waals surface area contributed by atoms with Crippen molar-refractivity contribution >= 4 is 45.9 Å². The summed E-state index contributed by atoms with van der Waals surface area (Å²) in [7, 11) is 3.30. The largest absolute Gasteiger partial charge is 0.497 e. The van der Waals surface area contributed by atoms with Crippen molar-refractivity contribution in [2.75, 3.05) is 20.8 Å². The van der Waals surface area contributed by atoms with Gasteiger partial charge in [-0.3, -0.25) is 9.59 Å². The van der Waals surface area contributed by atoms with Crippen molar-refractivity contribution in [3.05, 3.63) is 42.0 Å². The van der Waals surface area contributed by atoms with Crippen LogP contribution in [-0.4, -0.2) is 41.9 Å². The molecule has 1 aliphatic carbocycles. The summed E-state index contributed by atoms with van der Waals surface area (Å²) in [5, 5.41) is 2.12. The summed E-state index contributed by atoms with van der Waals surface area (Å²) in [6.07, 6.45) is 0.327. The van der Waals surface area contributed by atoms with Crippen molar-refractivity contribution in [3.8, 4) is 5.75 Å². The molecule has 0 heterocycles. The molecule has 0 aromatic heterocycles. The molecule has 5 nitrogen and oxygen atoms in total. The third-order valence-corrected chi connectivity index (χ3v) is 6.09. The van der Waals surface area contributed by atoms with Crippen LogP contribution in [0, 0.1) is 5.41 Å². The number of nitrogens with zero attached hydrogens (tertiary/aromatic N) is 1. The van der Waals surface area contributed by atoms with Gasteiger partial charge in [-0.25, -0.2) is 0 Å². The molecule has 7 heteroatoms. The minimum atomic E-state index is -1.10. The van der Waals surface area contributed by atoms with Gasteiger partial charge in [0.2, 0.25) is 0 Å². The molecule has 0 saturated heterocycles. The predicted octanol–water partition coefficient (Wildman–Crippen LogP) is 3.93. The SMILES string of the molecule is COc1ccc2cc(CN(C)C(=O)COC(=O)[C@@]3(C)CC3(Cl)Cl)ccc2c1. The van der Waals surface area contributed by atoms with E-state index in [0.717, 1.165) is 22.1 Å². The minimum Gasteiger partial charge on any atom is -0.497 e. The van der Waals surface area contributed by atoms with Crippen LogP contribution in [0.5, 0.6) is 5.75 Å². The Morgan fingerprint density at radius 1 is 1.15 bits per heavy atom. The quantitative estimate of drug-likeness (QED) is 0.535. The molecule has 1 amide bonds. The van der Waals surface area contributed by atoms with Crippen molar-refractivity contribution in [2.45, 2.75) is 24.2 Å². The number of rotatable bonds is 6. The van der Waals surface area contributed by atoms with Gasteiger partial charge in [-0.05, 0) is 41.5 Å². The van der Waals surface area contributed by atoms with Gasteiger partial charge < -0.3 is 14.4 Å². The van der Waals surface area contributed by atoms with Crippen LogP contribution in [0.15, 0.2) is 36.4 Å². The lowest BCUT2D eigenvalue weighted by Crippen LogP contribution is -2.32. The molecule has 144 valence electrons. The van der Waals surface area contributed by atoms with Crippen molar-refractivity contribution in [3.63, 3.8) is 0 Å². The third kappa shape index (κ3) is 3.99. The molecule has 1 aliphatic rings. The van der Waals surface area contributed by atoms with Gasteiger partial charge in [0, 0.05) is 20.0 Å². The van der Waals surface area contributed by atoms with E-state index in [1.165, 1.54) is 4.90 Å². The fraction of sp³-hybridized carbons (Fsp3) is 0.400. The fourth-order valence-corrected chi connectivity index (χ4v) is 3.57. The van der Waals surface area contributed by atoms with Crippen LogP contribution in [-0.2, 0) is 20.9 Å². The summed E-state index contributed by atoms with van der Waals surface area (Å²) in [6.45, 7) is 1.71. The monoisotopic (exact) mass is 409 g/mol. The first-order valence-electron chi connectivity index (χ1n) is 8.52. The molecule has 2 aromatic carbocycles. The number of carbonyl (C=O) groups excluding carboxylic acids is 2. The molecule has 27 heavy (non-hydrogen) atoms. The average molecular weight is 410 g/mol. The molecule has 1 saturated carbocycles. The van der Waals surface area contributed by atoms with Crippen LogP contribution in [0.3, 0.4) is 0 Å². The topological polar surface area (TPSA) is 55.8 Å². The van der Waals surface area contributed by atoms with Crippen LogP contribution < -0.4 is 4.74 Å². The van der Waals surface area contributed by atoms with E-state index in [9.17, 15) is 9.59 Å². The molecule has 0 spiro atoms. The molecule has 3 rings (SSSR count). The highest BCUT2D eigenvalue weighted by molar-refractivity contribution is 6.53. The minimum absolute atomic E-state index is 0.294. The molecule has 1 fully saturated rings. The van der Waals surface area contributed by atoms with Gasteiger partial charge in [-0.1, -0.05) is 18.2 Å². The van der Waals surface area contributed by atoms with E-state index in [1.807, 2.05) is 36.4 Å². The highest BCUT2D eigenvalue weighted by Crippen LogP contribution is 2.64. The zero-order valence-corrected chi connectivity index (χ0v) is 16.9. The van der Waals surface area contributed by atoms with Crippen LogP contribution in [0.1, 0.15) is 18.9 Å². The molecule has 0 radical (unpaired) electrons. The van der Waals surface area contributed by atoms with Gasteiger partial charge in [0.25, 0.3) is 5.91 Å². The van der Waals surface area contributed by atoms with Crippen LogP contribution in [0.25, 0.3) is 10.8 Å². The Bertz CT molecular complexity index is 899. The molecule has 1 atom stereocenters. The van der Waals surface area contributed by atoms with E-state index in [0.29, 0.717) is 13.0 Å². The summed E-state index contributed by atoms with van der Waals surface area (Å²) >= 11 is 11.9. The van der Waals surface area contributed by atoms with Crippen molar-refractivity contribution in [2.24, 2.45) is 5.41 Å². The Morgan fingerprint density at radius 3 is 2.41 bits per heavy atom. The maximum absolute atomic E-state index is 12.3. The van der Waals surface area contributed by atoms with Gasteiger partial charge in [0.05, 0.1) is 7.11 Å². The molecule has 0 unspecified atom stereocenters. The molecule has 0 aliphatic heterocycles. The maximum atomic E-state index is 12.3. The number of amides is 1. The number of halogens is 2. The second-order valence-electron chi connectivity index (χ2n) is 7.09. The zero-order chi connectivity index (χ0) is 19.8. The Kier molecular flexibility index (Phi) is 5.28. The van der Waals surface area contributed by atoms with E-state index in [4.69, 9.17) is 32.7 Å². The zero-order valence-electron chi connectivity index (χ0n) is 15.4. The number of likely N-dealkylation sites (N-methyl/N-ethyl adjacent to an activating group) is 1. The van der Waals surface area contributed by atoms with Gasteiger partial charge in [-0.15, -0.1) is 23.2 Å². The van der Waals surface area contributed by atoms with Crippen LogP contribution in [0.4, 0.5) is 0 Å². The molecule has 2 aromatic rings. The molecule has 0 N–H and O–H groups in total. The highest BCUT2D eigenvalue weighted by atomic mass is 35.5. The number of alkyl halides is 2. The van der Waals surface area contributed by atoms with Gasteiger partial charge >= 0.3 is 5.97 Å². The van der Waals surface area contributed by atoms with E-state index in [1.54, 1.807) is 21.1 Å². The van der Waals surface area contributed by atoms with E-state index in [-0.39, 0.29) is 12.5 Å². The maximum Gasteiger partial charge on any atom is 0.315 e. The first-order chi connectivity index (χ1) is 12.7. The molecular weight excluding hydrogens is 389 g/mol. The van der Waals surface area contributed by atoms with Gasteiger partial charge in [0.15, 0.2) is 6.61 Å². The second kappa shape index (κ2) is 7.21. The highest BCUT2D eigenvalue weighted by Gasteiger charge is 2.69. The molecule has 0 bridgehead atoms. The van der Waals surface area contributed by atoms with Crippen LogP contribution >= 0.6 is 23.2 Å². The lowest BCUT2D eigenvalue weighted by atomic mass is 10.1. The summed E-state index contributed by atoms with van der Waals surface area (Å²) in [5.41, 5.74) is 0.0403. The summed E-state index contributed by atoms with van der Waals surface area (Å²) < 4.78 is 9.23. The Labute approximate surface area is 168 Å². The summed E-state index contributed by atoms with van der Waals surface area (Å²) in [4.78, 5) is 25.8. The normalized spacial score (nSPS) is 20.2. The number of fused-ring (bicyclic) bond motifs is 1. The summed E-state index contributed by atoms with van der Waals surface area (Å²) in [5.74, 6) is -0.0438. The fourth-order valence-electron chi connectivity index (χ4n) is 2.88. The Hall–Kier alpha value is -1.98. The summed E-state index contributed by atoms with van der Waals surface area (Å²) in [6, 6.07) is 11.8. The number of ether oxygens (including phenoxy) is 2.